The zero-order valence-corrected chi connectivity index (χ0v) is 14.1. The Kier molecular flexibility index (Phi) is 4.89. The zero-order valence-electron chi connectivity index (χ0n) is 14.1. The maximum atomic E-state index is 14.8. The van der Waals surface area contributed by atoms with Crippen molar-refractivity contribution in [1.82, 2.24) is 0 Å². The van der Waals surface area contributed by atoms with Crippen molar-refractivity contribution in [2.24, 2.45) is 0 Å². The third kappa shape index (κ3) is 3.43. The first-order valence-electron chi connectivity index (χ1n) is 7.89. The summed E-state index contributed by atoms with van der Waals surface area (Å²) in [6.45, 7) is 0. The molecule has 25 heavy (non-hydrogen) atoms. The fraction of sp³-hybridized carbons (Fsp3) is 0.143. The highest BCUT2D eigenvalue weighted by Crippen LogP contribution is 2.39. The lowest BCUT2D eigenvalue weighted by atomic mass is 9.84. The summed E-state index contributed by atoms with van der Waals surface area (Å²) in [5.74, 6) is 0.574. The number of halogens is 1. The van der Waals surface area contributed by atoms with Crippen LogP contribution < -0.4 is 9.47 Å². The Morgan fingerprint density at radius 3 is 2.20 bits per heavy atom. The third-order valence-corrected chi connectivity index (χ3v) is 4.19. The van der Waals surface area contributed by atoms with Gasteiger partial charge in [-0.2, -0.15) is 0 Å². The fourth-order valence-electron chi connectivity index (χ4n) is 2.97. The van der Waals surface area contributed by atoms with E-state index in [-0.39, 0.29) is 17.5 Å². The van der Waals surface area contributed by atoms with Crippen molar-refractivity contribution in [2.45, 2.75) is 5.92 Å². The number of methoxy groups -OCH3 is 2. The minimum atomic E-state index is -0.373. The molecule has 0 saturated heterocycles. The van der Waals surface area contributed by atoms with Crippen LogP contribution in [0, 0.1) is 5.82 Å². The average molecular weight is 338 g/mol. The highest BCUT2D eigenvalue weighted by Gasteiger charge is 2.23. The van der Waals surface area contributed by atoms with Crippen molar-refractivity contribution in [1.29, 1.82) is 0 Å². The highest BCUT2D eigenvalue weighted by atomic mass is 19.1. The average Bonchev–Trinajstić information content (AvgIpc) is 2.65. The molecule has 128 valence electrons. The van der Waals surface area contributed by atoms with Gasteiger partial charge in [-0.05, 0) is 29.8 Å². The van der Waals surface area contributed by atoms with Crippen molar-refractivity contribution < 1.29 is 19.0 Å². The van der Waals surface area contributed by atoms with E-state index >= 15 is 0 Å². The molecule has 0 radical (unpaired) electrons. The Morgan fingerprint density at radius 2 is 1.56 bits per heavy atom. The predicted octanol–water partition coefficient (Wildman–Crippen LogP) is 4.73. The molecule has 1 atom stereocenters. The molecule has 3 nitrogen and oxygen atoms in total. The van der Waals surface area contributed by atoms with Crippen LogP contribution in [0.5, 0.6) is 17.2 Å². The van der Waals surface area contributed by atoms with Gasteiger partial charge in [0.2, 0.25) is 0 Å². The van der Waals surface area contributed by atoms with E-state index in [0.717, 1.165) is 11.1 Å². The minimum Gasteiger partial charge on any atom is -0.508 e. The van der Waals surface area contributed by atoms with Gasteiger partial charge in [0, 0.05) is 23.1 Å². The maximum absolute atomic E-state index is 14.8. The number of phenolic OH excluding ortho intramolecular Hbond substituents is 1. The summed E-state index contributed by atoms with van der Waals surface area (Å²) in [5.41, 5.74) is 2.21. The lowest BCUT2D eigenvalue weighted by Gasteiger charge is -2.22. The lowest BCUT2D eigenvalue weighted by Crippen LogP contribution is -2.07. The molecular formula is C21H19FO3. The van der Waals surface area contributed by atoms with Gasteiger partial charge in [-0.15, -0.1) is 0 Å². The van der Waals surface area contributed by atoms with Crippen LogP contribution in [0.4, 0.5) is 4.39 Å². The van der Waals surface area contributed by atoms with Gasteiger partial charge in [-0.1, -0.05) is 36.4 Å². The standard InChI is InChI=1S/C21H19FO3/c1-24-16-11-12-17(19(22)13-16)21(14-7-9-15(23)10-8-14)18-5-3-4-6-20(18)25-2/h3-13,21,23H,1-2H3. The van der Waals surface area contributed by atoms with Crippen LogP contribution in [0.25, 0.3) is 0 Å². The van der Waals surface area contributed by atoms with Gasteiger partial charge in [0.05, 0.1) is 14.2 Å². The number of hydrogen-bond donors (Lipinski definition) is 1. The second-order valence-electron chi connectivity index (χ2n) is 5.65. The van der Waals surface area contributed by atoms with E-state index in [4.69, 9.17) is 9.47 Å². The van der Waals surface area contributed by atoms with Crippen molar-refractivity contribution >= 4 is 0 Å². The molecule has 4 heteroatoms. The molecule has 3 aromatic rings. The number of aromatic hydroxyl groups is 1. The van der Waals surface area contributed by atoms with E-state index in [1.165, 1.54) is 13.2 Å². The van der Waals surface area contributed by atoms with Gasteiger partial charge < -0.3 is 14.6 Å². The molecule has 3 aromatic carbocycles. The smallest absolute Gasteiger partial charge is 0.131 e. The number of ether oxygens (including phenoxy) is 2. The molecule has 0 aliphatic heterocycles. The maximum Gasteiger partial charge on any atom is 0.131 e. The van der Waals surface area contributed by atoms with Crippen LogP contribution in [-0.2, 0) is 0 Å². The first kappa shape index (κ1) is 16.8. The third-order valence-electron chi connectivity index (χ3n) is 4.19. The van der Waals surface area contributed by atoms with Crippen LogP contribution in [0.3, 0.4) is 0 Å². The van der Waals surface area contributed by atoms with Crippen molar-refractivity contribution in [2.75, 3.05) is 14.2 Å². The summed E-state index contributed by atoms with van der Waals surface area (Å²) in [6, 6.07) is 19.1. The summed E-state index contributed by atoms with van der Waals surface area (Å²) < 4.78 is 25.4. The number of benzene rings is 3. The first-order chi connectivity index (χ1) is 12.1. The SMILES string of the molecule is COc1ccc(C(c2ccc(O)cc2)c2ccccc2OC)c(F)c1. The van der Waals surface area contributed by atoms with E-state index in [1.807, 2.05) is 24.3 Å². The van der Waals surface area contributed by atoms with Crippen LogP contribution in [-0.4, -0.2) is 19.3 Å². The van der Waals surface area contributed by atoms with Crippen LogP contribution in [0.1, 0.15) is 22.6 Å². The van der Waals surface area contributed by atoms with E-state index in [2.05, 4.69) is 0 Å². The quantitative estimate of drug-likeness (QED) is 0.684. The Labute approximate surface area is 146 Å². The Bertz CT molecular complexity index is 859. The first-order valence-corrected chi connectivity index (χ1v) is 7.89. The van der Waals surface area contributed by atoms with Crippen molar-refractivity contribution in [3.05, 3.63) is 89.2 Å². The second-order valence-corrected chi connectivity index (χ2v) is 5.65. The van der Waals surface area contributed by atoms with Crippen LogP contribution >= 0.6 is 0 Å². The molecular weight excluding hydrogens is 319 g/mol. The van der Waals surface area contributed by atoms with Gasteiger partial charge in [-0.3, -0.25) is 0 Å². The highest BCUT2D eigenvalue weighted by molar-refractivity contribution is 5.50. The van der Waals surface area contributed by atoms with Crippen LogP contribution in [0.2, 0.25) is 0 Å². The molecule has 1 unspecified atom stereocenters. The van der Waals surface area contributed by atoms with E-state index in [0.29, 0.717) is 17.1 Å². The number of hydrogen-bond acceptors (Lipinski definition) is 3. The van der Waals surface area contributed by atoms with Gasteiger partial charge in [0.1, 0.15) is 23.1 Å². The Hall–Kier alpha value is -3.01. The molecule has 0 saturated carbocycles. The fourth-order valence-corrected chi connectivity index (χ4v) is 2.97. The Balaban J connectivity index is 2.20. The summed E-state index contributed by atoms with van der Waals surface area (Å²) in [5, 5.41) is 9.59. The van der Waals surface area contributed by atoms with E-state index in [9.17, 15) is 9.50 Å². The summed E-state index contributed by atoms with van der Waals surface area (Å²) in [6.07, 6.45) is 0. The summed E-state index contributed by atoms with van der Waals surface area (Å²) in [4.78, 5) is 0. The molecule has 0 aromatic heterocycles. The van der Waals surface area contributed by atoms with Crippen molar-refractivity contribution in [3.63, 3.8) is 0 Å². The minimum absolute atomic E-state index is 0.165. The second kappa shape index (κ2) is 7.26. The molecule has 0 aliphatic carbocycles. The summed E-state index contributed by atoms with van der Waals surface area (Å²) >= 11 is 0. The molecule has 0 amide bonds. The molecule has 1 N–H and O–H groups in total. The van der Waals surface area contributed by atoms with Crippen molar-refractivity contribution in [3.8, 4) is 17.2 Å². The molecule has 0 spiro atoms. The monoisotopic (exact) mass is 338 g/mol. The number of para-hydroxylation sites is 1. The van der Waals surface area contributed by atoms with Gasteiger partial charge in [0.15, 0.2) is 0 Å². The van der Waals surface area contributed by atoms with Gasteiger partial charge in [0.25, 0.3) is 0 Å². The largest absolute Gasteiger partial charge is 0.508 e. The molecule has 0 aliphatic rings. The molecule has 0 bridgehead atoms. The van der Waals surface area contributed by atoms with Gasteiger partial charge in [-0.25, -0.2) is 4.39 Å². The Morgan fingerprint density at radius 1 is 0.840 bits per heavy atom. The van der Waals surface area contributed by atoms with E-state index < -0.39 is 0 Å². The van der Waals surface area contributed by atoms with Crippen LogP contribution in [0.15, 0.2) is 66.7 Å². The number of rotatable bonds is 5. The molecule has 3 rings (SSSR count). The molecule has 0 heterocycles. The van der Waals surface area contributed by atoms with E-state index in [1.54, 1.807) is 43.5 Å². The topological polar surface area (TPSA) is 38.7 Å². The zero-order chi connectivity index (χ0) is 17.8. The lowest BCUT2D eigenvalue weighted by molar-refractivity contribution is 0.407. The van der Waals surface area contributed by atoms with Gasteiger partial charge >= 0.3 is 0 Å². The normalized spacial score (nSPS) is 11.8. The number of phenols is 1. The summed E-state index contributed by atoms with van der Waals surface area (Å²) in [7, 11) is 3.10. The predicted molar refractivity (Wildman–Crippen MR) is 95.0 cm³/mol. The molecule has 0 fully saturated rings.